The predicted octanol–water partition coefficient (Wildman–Crippen LogP) is 2.88. The zero-order valence-electron chi connectivity index (χ0n) is 8.10. The second kappa shape index (κ2) is 6.20. The van der Waals surface area contributed by atoms with Gasteiger partial charge in [-0.3, -0.25) is 9.11 Å². The van der Waals surface area contributed by atoms with E-state index < -0.39 is 22.0 Å². The van der Waals surface area contributed by atoms with Gasteiger partial charge in [-0.05, 0) is 5.56 Å². The van der Waals surface area contributed by atoms with E-state index in [9.17, 15) is 13.2 Å². The molecule has 1 aromatic rings. The van der Waals surface area contributed by atoms with E-state index in [0.717, 1.165) is 0 Å². The normalized spacial score (nSPS) is 13.5. The molecule has 2 N–H and O–H groups in total. The third kappa shape index (κ3) is 8.93. The minimum absolute atomic E-state index is 0.0756. The first-order chi connectivity index (χ1) is 7.52. The fourth-order valence-electron chi connectivity index (χ4n) is 0.811. The molecular weight excluding hydrogens is 285 g/mol. The maximum atomic E-state index is 12.0. The van der Waals surface area contributed by atoms with Gasteiger partial charge in [-0.15, -0.1) is 11.6 Å². The van der Waals surface area contributed by atoms with Crippen LogP contribution in [0.1, 0.15) is 10.9 Å². The number of alkyl halides is 4. The number of halogens is 4. The summed E-state index contributed by atoms with van der Waals surface area (Å²) in [4.78, 5) is 0. The van der Waals surface area contributed by atoms with E-state index in [1.54, 1.807) is 6.07 Å². The molecule has 17 heavy (non-hydrogen) atoms. The first-order valence-electron chi connectivity index (χ1n) is 3.97. The van der Waals surface area contributed by atoms with Crippen LogP contribution in [0.25, 0.3) is 0 Å². The molecule has 4 nitrogen and oxygen atoms in total. The fourth-order valence-corrected chi connectivity index (χ4v) is 0.956. The van der Waals surface area contributed by atoms with Crippen LogP contribution in [0.2, 0.25) is 0 Å². The fraction of sp³-hybridized carbons (Fsp3) is 0.250. The van der Waals surface area contributed by atoms with Crippen molar-refractivity contribution in [3.63, 3.8) is 0 Å². The summed E-state index contributed by atoms with van der Waals surface area (Å²) < 4.78 is 67.6. The van der Waals surface area contributed by atoms with Crippen molar-refractivity contribution in [2.45, 2.75) is 11.6 Å². The Hall–Kier alpha value is -0.830. The van der Waals surface area contributed by atoms with Gasteiger partial charge in [-0.2, -0.15) is 21.6 Å². The molecule has 1 aromatic carbocycles. The minimum Gasteiger partial charge on any atom is -0.264 e. The molecule has 0 amide bonds. The topological polar surface area (TPSA) is 74.6 Å². The van der Waals surface area contributed by atoms with Crippen LogP contribution in [-0.4, -0.2) is 23.7 Å². The summed E-state index contributed by atoms with van der Waals surface area (Å²) in [6.07, 6.45) is -4.37. The van der Waals surface area contributed by atoms with Crippen molar-refractivity contribution >= 4 is 22.0 Å². The number of hydrogen-bond donors (Lipinski definition) is 2. The molecule has 0 saturated heterocycles. The molecule has 0 aliphatic rings. The van der Waals surface area contributed by atoms with E-state index in [0.29, 0.717) is 0 Å². The average molecular weight is 293 g/mol. The third-order valence-corrected chi connectivity index (χ3v) is 1.88. The van der Waals surface area contributed by atoms with Crippen molar-refractivity contribution < 1.29 is 30.7 Å². The van der Waals surface area contributed by atoms with Crippen LogP contribution < -0.4 is 0 Å². The lowest BCUT2D eigenvalue weighted by Crippen LogP contribution is -2.15. The first kappa shape index (κ1) is 16.2. The van der Waals surface area contributed by atoms with Crippen molar-refractivity contribution in [2.75, 3.05) is 0 Å². The summed E-state index contributed by atoms with van der Waals surface area (Å²) in [5, 5.41) is -1.90. The van der Waals surface area contributed by atoms with E-state index in [-0.39, 0.29) is 5.56 Å². The largest absolute Gasteiger partial charge is 0.408 e. The maximum Gasteiger partial charge on any atom is 0.408 e. The molecule has 1 atom stereocenters. The Morgan fingerprint density at radius 1 is 1.12 bits per heavy atom. The van der Waals surface area contributed by atoms with E-state index in [4.69, 9.17) is 29.1 Å². The summed E-state index contributed by atoms with van der Waals surface area (Å²) in [7, 11) is -4.67. The zero-order valence-corrected chi connectivity index (χ0v) is 9.67. The molecule has 1 rings (SSSR count). The Morgan fingerprint density at radius 2 is 1.47 bits per heavy atom. The summed E-state index contributed by atoms with van der Waals surface area (Å²) >= 11 is 5.16. The average Bonchev–Trinajstić information content (AvgIpc) is 2.14. The highest BCUT2D eigenvalue weighted by atomic mass is 35.5. The lowest BCUT2D eigenvalue weighted by molar-refractivity contribution is -0.131. The van der Waals surface area contributed by atoms with E-state index >= 15 is 0 Å². The quantitative estimate of drug-likeness (QED) is 0.616. The summed E-state index contributed by atoms with van der Waals surface area (Å²) in [6.45, 7) is 0. The molecule has 0 spiro atoms. The highest BCUT2D eigenvalue weighted by Crippen LogP contribution is 2.37. The molecule has 98 valence electrons. The summed E-state index contributed by atoms with van der Waals surface area (Å²) in [5.74, 6) is 0. The Bertz CT molecular complexity index is 424. The van der Waals surface area contributed by atoms with Crippen LogP contribution in [-0.2, 0) is 10.4 Å². The van der Waals surface area contributed by atoms with Crippen molar-refractivity contribution in [1.82, 2.24) is 0 Å². The van der Waals surface area contributed by atoms with Gasteiger partial charge < -0.3 is 0 Å². The molecule has 0 fully saturated rings. The number of rotatable bonds is 1. The van der Waals surface area contributed by atoms with Crippen LogP contribution >= 0.6 is 11.6 Å². The molecule has 0 bridgehead atoms. The van der Waals surface area contributed by atoms with Gasteiger partial charge in [0.15, 0.2) is 5.38 Å². The van der Waals surface area contributed by atoms with Crippen molar-refractivity contribution in [2.24, 2.45) is 0 Å². The van der Waals surface area contributed by atoms with Gasteiger partial charge in [0.1, 0.15) is 0 Å². The maximum absolute atomic E-state index is 12.0. The molecule has 0 aromatic heterocycles. The molecule has 0 aliphatic carbocycles. The second-order valence-corrected chi connectivity index (χ2v) is 4.09. The van der Waals surface area contributed by atoms with Crippen LogP contribution in [0.15, 0.2) is 30.3 Å². The Kier molecular flexibility index (Phi) is 5.89. The molecule has 0 heterocycles. The number of hydrogen-bond acceptors (Lipinski definition) is 2. The van der Waals surface area contributed by atoms with Gasteiger partial charge >= 0.3 is 16.6 Å². The molecule has 0 radical (unpaired) electrons. The molecule has 0 aliphatic heterocycles. The minimum atomic E-state index is -4.67. The predicted molar refractivity (Wildman–Crippen MR) is 55.3 cm³/mol. The molecule has 0 saturated carbocycles. The van der Waals surface area contributed by atoms with Gasteiger partial charge in [0.05, 0.1) is 0 Å². The van der Waals surface area contributed by atoms with Crippen molar-refractivity contribution in [3.8, 4) is 0 Å². The van der Waals surface area contributed by atoms with Gasteiger partial charge in [-0.1, -0.05) is 30.3 Å². The Morgan fingerprint density at radius 3 is 1.76 bits per heavy atom. The van der Waals surface area contributed by atoms with E-state index in [1.165, 1.54) is 24.3 Å². The van der Waals surface area contributed by atoms with Crippen LogP contribution in [0.5, 0.6) is 0 Å². The second-order valence-electron chi connectivity index (χ2n) is 2.76. The zero-order chi connectivity index (χ0) is 13.7. The Balaban J connectivity index is 0.000000437. The third-order valence-electron chi connectivity index (χ3n) is 1.38. The lowest BCUT2D eigenvalue weighted by Gasteiger charge is -2.12. The first-order valence-corrected chi connectivity index (χ1v) is 5.81. The summed E-state index contributed by atoms with van der Waals surface area (Å²) in [5.41, 5.74) is 0.0756. The Labute approximate surface area is 101 Å². The van der Waals surface area contributed by atoms with Crippen molar-refractivity contribution in [3.05, 3.63) is 35.9 Å². The summed E-state index contributed by atoms with van der Waals surface area (Å²) in [6, 6.07) is 7.40. The highest BCUT2D eigenvalue weighted by Gasteiger charge is 2.38. The molecule has 1 unspecified atom stereocenters. The highest BCUT2D eigenvalue weighted by molar-refractivity contribution is 7.79. The van der Waals surface area contributed by atoms with Gasteiger partial charge in [0.25, 0.3) is 0 Å². The number of benzene rings is 1. The van der Waals surface area contributed by atoms with Crippen LogP contribution in [0.4, 0.5) is 13.2 Å². The van der Waals surface area contributed by atoms with E-state index in [1.807, 2.05) is 0 Å². The standard InChI is InChI=1S/C8H6ClF3.H2O4S/c9-7(8(10,11)12)6-4-2-1-3-5-6;1-5(2,3)4/h1-5,7H;(H2,1,2,3,4). The van der Waals surface area contributed by atoms with Gasteiger partial charge in [-0.25, -0.2) is 0 Å². The molecule has 9 heteroatoms. The SMILES string of the molecule is FC(F)(F)C(Cl)c1ccccc1.O=S(=O)(O)O. The van der Waals surface area contributed by atoms with Gasteiger partial charge in [0.2, 0.25) is 0 Å². The lowest BCUT2D eigenvalue weighted by atomic mass is 10.1. The van der Waals surface area contributed by atoms with Gasteiger partial charge in [0, 0.05) is 0 Å². The smallest absolute Gasteiger partial charge is 0.264 e. The van der Waals surface area contributed by atoms with Crippen molar-refractivity contribution in [1.29, 1.82) is 0 Å². The van der Waals surface area contributed by atoms with Crippen LogP contribution in [0, 0.1) is 0 Å². The van der Waals surface area contributed by atoms with E-state index in [2.05, 4.69) is 0 Å². The monoisotopic (exact) mass is 292 g/mol. The van der Waals surface area contributed by atoms with Crippen LogP contribution in [0.3, 0.4) is 0 Å². The molecular formula is C8H8ClF3O4S.